The molecule has 0 aliphatic carbocycles. The molecule has 0 saturated carbocycles. The fourth-order valence-electron chi connectivity index (χ4n) is 1.66. The zero-order valence-electron chi connectivity index (χ0n) is 10.5. The van der Waals surface area contributed by atoms with Crippen molar-refractivity contribution in [1.82, 2.24) is 10.1 Å². The highest BCUT2D eigenvalue weighted by Gasteiger charge is 2.31. The zero-order valence-corrected chi connectivity index (χ0v) is 10.5. The molecule has 0 unspecified atom stereocenters. The number of carbonyl (C=O) groups is 1. The lowest BCUT2D eigenvalue weighted by molar-refractivity contribution is -0.137. The minimum absolute atomic E-state index is 0.0926. The van der Waals surface area contributed by atoms with Gasteiger partial charge in [-0.2, -0.15) is 18.2 Å². The highest BCUT2D eigenvalue weighted by molar-refractivity contribution is 5.94. The van der Waals surface area contributed by atoms with Gasteiger partial charge in [-0.05, 0) is 18.2 Å². The Bertz CT molecular complexity index is 626. The number of hydrogen-bond acceptors (Lipinski definition) is 5. The van der Waals surface area contributed by atoms with E-state index in [1.54, 1.807) is 0 Å². The van der Waals surface area contributed by atoms with Crippen molar-refractivity contribution >= 4 is 11.7 Å². The van der Waals surface area contributed by atoms with E-state index in [2.05, 4.69) is 15.5 Å². The monoisotopic (exact) mass is 301 g/mol. The molecule has 21 heavy (non-hydrogen) atoms. The summed E-state index contributed by atoms with van der Waals surface area (Å²) >= 11 is 0. The first-order chi connectivity index (χ1) is 9.88. The van der Waals surface area contributed by atoms with E-state index >= 15 is 0 Å². The summed E-state index contributed by atoms with van der Waals surface area (Å²) in [5.41, 5.74) is -1.37. The molecule has 1 aromatic carbocycles. The molecule has 9 heteroatoms. The molecular formula is C12H10F3N3O3. The molecule has 0 amide bonds. The summed E-state index contributed by atoms with van der Waals surface area (Å²) in [6, 6.07) is 2.50. The lowest BCUT2D eigenvalue weighted by Crippen LogP contribution is -2.12. The van der Waals surface area contributed by atoms with E-state index < -0.39 is 23.3 Å². The van der Waals surface area contributed by atoms with Crippen LogP contribution in [0, 0.1) is 0 Å². The average Bonchev–Trinajstić information content (AvgIpc) is 2.90. The van der Waals surface area contributed by atoms with Crippen LogP contribution in [-0.2, 0) is 12.6 Å². The molecule has 112 valence electrons. The van der Waals surface area contributed by atoms with E-state index in [1.165, 1.54) is 6.33 Å². The Kier molecular flexibility index (Phi) is 4.10. The lowest BCUT2D eigenvalue weighted by Gasteiger charge is -2.12. The van der Waals surface area contributed by atoms with Crippen molar-refractivity contribution < 1.29 is 27.6 Å². The van der Waals surface area contributed by atoms with E-state index in [0.717, 1.165) is 12.1 Å². The highest BCUT2D eigenvalue weighted by Crippen LogP contribution is 2.31. The molecule has 2 N–H and O–H groups in total. The lowest BCUT2D eigenvalue weighted by atomic mass is 10.1. The van der Waals surface area contributed by atoms with Crippen molar-refractivity contribution in [2.45, 2.75) is 12.6 Å². The number of nitrogens with one attached hydrogen (secondary N) is 1. The number of benzene rings is 1. The Morgan fingerprint density at radius 1 is 1.38 bits per heavy atom. The minimum Gasteiger partial charge on any atom is -0.478 e. The quantitative estimate of drug-likeness (QED) is 0.882. The van der Waals surface area contributed by atoms with E-state index in [1.807, 2.05) is 0 Å². The third-order valence-electron chi connectivity index (χ3n) is 2.64. The number of halogens is 3. The van der Waals surface area contributed by atoms with Crippen molar-refractivity contribution in [1.29, 1.82) is 0 Å². The molecule has 0 spiro atoms. The number of nitrogens with zero attached hydrogens (tertiary/aromatic N) is 2. The minimum atomic E-state index is -4.59. The summed E-state index contributed by atoms with van der Waals surface area (Å²) in [7, 11) is 0. The number of carboxylic acids is 1. The van der Waals surface area contributed by atoms with Crippen molar-refractivity contribution in [3.8, 4) is 0 Å². The van der Waals surface area contributed by atoms with Crippen LogP contribution in [0.1, 0.15) is 21.8 Å². The van der Waals surface area contributed by atoms with E-state index in [9.17, 15) is 18.0 Å². The van der Waals surface area contributed by atoms with Gasteiger partial charge in [0.05, 0.1) is 11.1 Å². The molecule has 1 aromatic heterocycles. The average molecular weight is 301 g/mol. The highest BCUT2D eigenvalue weighted by atomic mass is 19.4. The van der Waals surface area contributed by atoms with Crippen LogP contribution in [0.5, 0.6) is 0 Å². The smallest absolute Gasteiger partial charge is 0.416 e. The van der Waals surface area contributed by atoms with Crippen LogP contribution in [0.15, 0.2) is 29.0 Å². The second kappa shape index (κ2) is 5.81. The van der Waals surface area contributed by atoms with Gasteiger partial charge >= 0.3 is 12.1 Å². The maximum Gasteiger partial charge on any atom is 0.416 e. The Morgan fingerprint density at radius 3 is 2.71 bits per heavy atom. The number of aromatic nitrogens is 2. The number of carboxylic acid groups (broad SMARTS) is 1. The summed E-state index contributed by atoms with van der Waals surface area (Å²) in [4.78, 5) is 14.8. The Balaban J connectivity index is 2.13. The maximum absolute atomic E-state index is 12.6. The second-order valence-electron chi connectivity index (χ2n) is 4.08. The van der Waals surface area contributed by atoms with Crippen molar-refractivity contribution in [3.63, 3.8) is 0 Å². The Morgan fingerprint density at radius 2 is 2.14 bits per heavy atom. The number of aromatic carboxylic acids is 1. The summed E-state index contributed by atoms with van der Waals surface area (Å²) in [6.45, 7) is 0.244. The van der Waals surface area contributed by atoms with Crippen molar-refractivity contribution in [3.05, 3.63) is 41.5 Å². The van der Waals surface area contributed by atoms with Crippen molar-refractivity contribution in [2.24, 2.45) is 0 Å². The van der Waals surface area contributed by atoms with Gasteiger partial charge in [-0.15, -0.1) is 0 Å². The number of anilines is 1. The third kappa shape index (κ3) is 3.71. The topological polar surface area (TPSA) is 88.2 Å². The van der Waals surface area contributed by atoms with Gasteiger partial charge in [-0.25, -0.2) is 4.79 Å². The second-order valence-corrected chi connectivity index (χ2v) is 4.08. The molecule has 0 atom stereocenters. The number of rotatable bonds is 5. The standard InChI is InChI=1S/C12H10F3N3O3/c13-12(14,15)7-1-2-9(8(5-7)11(19)20)16-4-3-10-17-6-18-21-10/h1-2,5-6,16H,3-4H2,(H,19,20). The van der Waals surface area contributed by atoms with Gasteiger partial charge in [0.15, 0.2) is 6.33 Å². The fourth-order valence-corrected chi connectivity index (χ4v) is 1.66. The van der Waals surface area contributed by atoms with Gasteiger partial charge in [0.2, 0.25) is 5.89 Å². The maximum atomic E-state index is 12.6. The SMILES string of the molecule is O=C(O)c1cc(C(F)(F)F)ccc1NCCc1ncno1. The molecule has 1 heterocycles. The number of alkyl halides is 3. The van der Waals surface area contributed by atoms with Crippen LogP contribution < -0.4 is 5.32 Å². The predicted octanol–water partition coefficient (Wildman–Crippen LogP) is 2.44. The van der Waals surface area contributed by atoms with Crippen LogP contribution in [0.2, 0.25) is 0 Å². The van der Waals surface area contributed by atoms with Crippen LogP contribution in [0.25, 0.3) is 0 Å². The molecule has 0 radical (unpaired) electrons. The third-order valence-corrected chi connectivity index (χ3v) is 2.64. The van der Waals surface area contributed by atoms with Crippen LogP contribution in [-0.4, -0.2) is 27.8 Å². The van der Waals surface area contributed by atoms with Gasteiger partial charge in [0.1, 0.15) is 0 Å². The largest absolute Gasteiger partial charge is 0.478 e. The number of hydrogen-bond donors (Lipinski definition) is 2. The van der Waals surface area contributed by atoms with E-state index in [-0.39, 0.29) is 12.2 Å². The Hall–Kier alpha value is -2.58. The molecular weight excluding hydrogens is 291 g/mol. The molecule has 2 aromatic rings. The molecule has 0 saturated heterocycles. The van der Waals surface area contributed by atoms with Crippen LogP contribution in [0.4, 0.5) is 18.9 Å². The van der Waals surface area contributed by atoms with Crippen LogP contribution in [0.3, 0.4) is 0 Å². The normalized spacial score (nSPS) is 11.4. The molecule has 0 bridgehead atoms. The molecule has 2 rings (SSSR count). The van der Waals surface area contributed by atoms with Crippen LogP contribution >= 0.6 is 0 Å². The first-order valence-electron chi connectivity index (χ1n) is 5.82. The van der Waals surface area contributed by atoms with Gasteiger partial charge < -0.3 is 14.9 Å². The van der Waals surface area contributed by atoms with Gasteiger partial charge in [-0.1, -0.05) is 5.16 Å². The van der Waals surface area contributed by atoms with E-state index in [0.29, 0.717) is 18.4 Å². The summed E-state index contributed by atoms with van der Waals surface area (Å²) in [6.07, 6.45) is -3.05. The summed E-state index contributed by atoms with van der Waals surface area (Å²) in [5, 5.41) is 15.1. The zero-order chi connectivity index (χ0) is 15.5. The predicted molar refractivity (Wildman–Crippen MR) is 64.9 cm³/mol. The first kappa shape index (κ1) is 14.8. The summed E-state index contributed by atoms with van der Waals surface area (Å²) in [5.74, 6) is -1.10. The molecule has 6 nitrogen and oxygen atoms in total. The van der Waals surface area contributed by atoms with E-state index in [4.69, 9.17) is 9.63 Å². The first-order valence-corrected chi connectivity index (χ1v) is 5.82. The Labute approximate surface area is 116 Å². The molecule has 0 aliphatic heterocycles. The van der Waals surface area contributed by atoms with Gasteiger partial charge in [-0.3, -0.25) is 0 Å². The molecule has 0 fully saturated rings. The molecule has 0 aliphatic rings. The van der Waals surface area contributed by atoms with Gasteiger partial charge in [0.25, 0.3) is 0 Å². The summed E-state index contributed by atoms with van der Waals surface area (Å²) < 4.78 is 42.4. The fraction of sp³-hybridized carbons (Fsp3) is 0.250. The van der Waals surface area contributed by atoms with Gasteiger partial charge in [0, 0.05) is 18.7 Å². The van der Waals surface area contributed by atoms with Crippen molar-refractivity contribution in [2.75, 3.05) is 11.9 Å².